The molecule has 5 aromatic carbocycles. The van der Waals surface area contributed by atoms with Gasteiger partial charge < -0.3 is 9.47 Å². The molecule has 4 heteroatoms. The lowest BCUT2D eigenvalue weighted by molar-refractivity contribution is 0.103. The van der Waals surface area contributed by atoms with E-state index in [0.29, 0.717) is 47.0 Å². The van der Waals surface area contributed by atoms with Crippen LogP contribution in [-0.2, 0) is 13.2 Å². The standard InChI is InChI=1S/C38H30O4/c1-3-27-10-5-7-12-33(27)25-41-35-20-16-29(17-21-35)37(39)31-14-9-15-32(24-31)38(40)30-18-22-36(23-19-30)42-26-34-13-8-6-11-28(34)4-2/h3-24H,1-2,25-26H2. The fourth-order valence-corrected chi connectivity index (χ4v) is 4.59. The van der Waals surface area contributed by atoms with E-state index in [1.54, 1.807) is 84.9 Å². The van der Waals surface area contributed by atoms with E-state index in [1.807, 2.05) is 48.5 Å². The van der Waals surface area contributed by atoms with Crippen LogP contribution in [0.25, 0.3) is 12.2 Å². The highest BCUT2D eigenvalue weighted by Gasteiger charge is 2.14. The number of benzene rings is 5. The summed E-state index contributed by atoms with van der Waals surface area (Å²) < 4.78 is 11.8. The largest absolute Gasteiger partial charge is 0.489 e. The molecule has 0 aromatic heterocycles. The molecule has 0 bridgehead atoms. The van der Waals surface area contributed by atoms with Crippen LogP contribution < -0.4 is 9.47 Å². The fraction of sp³-hybridized carbons (Fsp3) is 0.0526. The zero-order valence-corrected chi connectivity index (χ0v) is 23.2. The van der Waals surface area contributed by atoms with Gasteiger partial charge in [-0.2, -0.15) is 0 Å². The van der Waals surface area contributed by atoms with Crippen molar-refractivity contribution in [3.63, 3.8) is 0 Å². The Hall–Kier alpha value is -5.48. The second-order valence-electron chi connectivity index (χ2n) is 9.67. The van der Waals surface area contributed by atoms with Gasteiger partial charge in [-0.3, -0.25) is 9.59 Å². The average Bonchev–Trinajstić information content (AvgIpc) is 3.06. The lowest BCUT2D eigenvalue weighted by Gasteiger charge is -2.10. The van der Waals surface area contributed by atoms with E-state index < -0.39 is 0 Å². The van der Waals surface area contributed by atoms with Crippen LogP contribution >= 0.6 is 0 Å². The zero-order chi connectivity index (χ0) is 29.3. The summed E-state index contributed by atoms with van der Waals surface area (Å²) in [6.07, 6.45) is 3.60. The van der Waals surface area contributed by atoms with Gasteiger partial charge in [-0.1, -0.05) is 92.0 Å². The van der Waals surface area contributed by atoms with Gasteiger partial charge in [0.05, 0.1) is 0 Å². The van der Waals surface area contributed by atoms with E-state index in [0.717, 1.165) is 22.3 Å². The van der Waals surface area contributed by atoms with E-state index >= 15 is 0 Å². The van der Waals surface area contributed by atoms with Gasteiger partial charge in [0.15, 0.2) is 11.6 Å². The van der Waals surface area contributed by atoms with Gasteiger partial charge in [-0.05, 0) is 76.9 Å². The molecule has 5 aromatic rings. The first-order valence-electron chi connectivity index (χ1n) is 13.6. The maximum Gasteiger partial charge on any atom is 0.193 e. The predicted octanol–water partition coefficient (Wildman–Crippen LogP) is 8.59. The lowest BCUT2D eigenvalue weighted by atomic mass is 9.97. The molecule has 206 valence electrons. The van der Waals surface area contributed by atoms with Crippen molar-refractivity contribution >= 4 is 23.7 Å². The molecule has 0 fully saturated rings. The van der Waals surface area contributed by atoms with Crippen molar-refractivity contribution in [2.45, 2.75) is 13.2 Å². The maximum atomic E-state index is 13.2. The van der Waals surface area contributed by atoms with E-state index in [4.69, 9.17) is 9.47 Å². The summed E-state index contributed by atoms with van der Waals surface area (Å²) in [4.78, 5) is 26.5. The van der Waals surface area contributed by atoms with E-state index in [9.17, 15) is 9.59 Å². The summed E-state index contributed by atoms with van der Waals surface area (Å²) >= 11 is 0. The molecule has 0 aliphatic rings. The van der Waals surface area contributed by atoms with Crippen LogP contribution in [0.4, 0.5) is 0 Å². The Morgan fingerprint density at radius 1 is 0.500 bits per heavy atom. The molecule has 0 aliphatic heterocycles. The van der Waals surface area contributed by atoms with Gasteiger partial charge >= 0.3 is 0 Å². The number of hydrogen-bond acceptors (Lipinski definition) is 4. The van der Waals surface area contributed by atoms with Gasteiger partial charge in [0.25, 0.3) is 0 Å². The van der Waals surface area contributed by atoms with Crippen LogP contribution in [0, 0.1) is 0 Å². The Bertz CT molecular complexity index is 1600. The van der Waals surface area contributed by atoms with Crippen LogP contribution in [0.15, 0.2) is 134 Å². The van der Waals surface area contributed by atoms with Gasteiger partial charge in [0.1, 0.15) is 24.7 Å². The summed E-state index contributed by atoms with van der Waals surface area (Å²) in [7, 11) is 0. The van der Waals surface area contributed by atoms with Crippen molar-refractivity contribution in [3.05, 3.63) is 179 Å². The second kappa shape index (κ2) is 13.2. The highest BCUT2D eigenvalue weighted by atomic mass is 16.5. The Kier molecular flexibility index (Phi) is 8.85. The predicted molar refractivity (Wildman–Crippen MR) is 168 cm³/mol. The maximum absolute atomic E-state index is 13.2. The van der Waals surface area contributed by atoms with Crippen LogP contribution in [0.2, 0.25) is 0 Å². The molecule has 0 saturated heterocycles. The highest BCUT2D eigenvalue weighted by molar-refractivity contribution is 6.13. The molecule has 0 heterocycles. The summed E-state index contributed by atoms with van der Waals surface area (Å²) in [5.41, 5.74) is 6.01. The smallest absolute Gasteiger partial charge is 0.193 e. The first-order chi connectivity index (χ1) is 20.6. The zero-order valence-electron chi connectivity index (χ0n) is 23.2. The quantitative estimate of drug-likeness (QED) is 0.146. The minimum Gasteiger partial charge on any atom is -0.489 e. The molecule has 42 heavy (non-hydrogen) atoms. The molecule has 0 atom stereocenters. The molecule has 0 aliphatic carbocycles. The monoisotopic (exact) mass is 550 g/mol. The van der Waals surface area contributed by atoms with Crippen molar-refractivity contribution in [2.24, 2.45) is 0 Å². The summed E-state index contributed by atoms with van der Waals surface area (Å²) in [6, 6.07) is 36.6. The van der Waals surface area contributed by atoms with Gasteiger partial charge in [0.2, 0.25) is 0 Å². The van der Waals surface area contributed by atoms with Crippen LogP contribution in [0.5, 0.6) is 11.5 Å². The summed E-state index contributed by atoms with van der Waals surface area (Å²) in [6.45, 7) is 8.48. The molecule has 0 spiro atoms. The Morgan fingerprint density at radius 2 is 0.905 bits per heavy atom. The van der Waals surface area contributed by atoms with Gasteiger partial charge in [-0.15, -0.1) is 0 Å². The third-order valence-electron chi connectivity index (χ3n) is 6.96. The topological polar surface area (TPSA) is 52.6 Å². The normalized spacial score (nSPS) is 10.5. The molecule has 0 saturated carbocycles. The van der Waals surface area contributed by atoms with Crippen molar-refractivity contribution < 1.29 is 19.1 Å². The summed E-state index contributed by atoms with van der Waals surface area (Å²) in [5.74, 6) is 0.979. The third-order valence-corrected chi connectivity index (χ3v) is 6.96. The molecular weight excluding hydrogens is 520 g/mol. The molecule has 0 radical (unpaired) electrons. The minimum absolute atomic E-state index is 0.170. The van der Waals surface area contributed by atoms with Gasteiger partial charge in [0, 0.05) is 22.3 Å². The van der Waals surface area contributed by atoms with Gasteiger partial charge in [-0.25, -0.2) is 0 Å². The number of carbonyl (C=O) groups excluding carboxylic acids is 2. The number of rotatable bonds is 12. The first-order valence-corrected chi connectivity index (χ1v) is 13.6. The molecule has 0 unspecified atom stereocenters. The molecule has 0 N–H and O–H groups in total. The van der Waals surface area contributed by atoms with Crippen LogP contribution in [0.1, 0.15) is 54.1 Å². The molecule has 4 nitrogen and oxygen atoms in total. The number of ether oxygens (including phenoxy) is 2. The Balaban J connectivity index is 1.22. The SMILES string of the molecule is C=Cc1ccccc1COc1ccc(C(=O)c2cccc(C(=O)c3ccc(OCc4ccccc4C=C)cc3)c2)cc1. The second-order valence-corrected chi connectivity index (χ2v) is 9.67. The van der Waals surface area contributed by atoms with Crippen LogP contribution in [0.3, 0.4) is 0 Å². The number of ketones is 2. The van der Waals surface area contributed by atoms with E-state index in [2.05, 4.69) is 13.2 Å². The first kappa shape index (κ1) is 28.1. The Morgan fingerprint density at radius 3 is 1.31 bits per heavy atom. The lowest BCUT2D eigenvalue weighted by Crippen LogP contribution is -2.06. The highest BCUT2D eigenvalue weighted by Crippen LogP contribution is 2.21. The van der Waals surface area contributed by atoms with Crippen LogP contribution in [-0.4, -0.2) is 11.6 Å². The van der Waals surface area contributed by atoms with Crippen molar-refractivity contribution in [3.8, 4) is 11.5 Å². The summed E-state index contributed by atoms with van der Waals surface area (Å²) in [5, 5.41) is 0. The van der Waals surface area contributed by atoms with Crippen molar-refractivity contribution in [1.82, 2.24) is 0 Å². The number of carbonyl (C=O) groups is 2. The average molecular weight is 551 g/mol. The van der Waals surface area contributed by atoms with E-state index in [1.165, 1.54) is 0 Å². The Labute approximate surface area is 246 Å². The van der Waals surface area contributed by atoms with Crippen molar-refractivity contribution in [1.29, 1.82) is 0 Å². The molecular formula is C38H30O4. The van der Waals surface area contributed by atoms with Crippen molar-refractivity contribution in [2.75, 3.05) is 0 Å². The molecule has 5 rings (SSSR count). The minimum atomic E-state index is -0.170. The number of hydrogen-bond donors (Lipinski definition) is 0. The third kappa shape index (κ3) is 6.62. The fourth-order valence-electron chi connectivity index (χ4n) is 4.59. The molecule has 0 amide bonds. The van der Waals surface area contributed by atoms with E-state index in [-0.39, 0.29) is 11.6 Å².